The summed E-state index contributed by atoms with van der Waals surface area (Å²) in [6, 6.07) is 7.71. The Morgan fingerprint density at radius 1 is 1.35 bits per heavy atom. The summed E-state index contributed by atoms with van der Waals surface area (Å²) in [6.45, 7) is 1.11. The monoisotopic (exact) mass is 238 g/mol. The Morgan fingerprint density at radius 2 is 2.18 bits per heavy atom. The number of carboxylic acids is 1. The molecule has 1 aromatic rings. The van der Waals surface area contributed by atoms with Crippen LogP contribution in [-0.2, 0) is 16.1 Å². The van der Waals surface area contributed by atoms with E-state index in [9.17, 15) is 4.79 Å². The predicted molar refractivity (Wildman–Crippen MR) is 64.1 cm³/mol. The second-order valence-electron chi connectivity index (χ2n) is 3.78. The Bertz CT molecular complexity index is 349. The first-order valence-corrected chi connectivity index (χ1v) is 5.65. The van der Waals surface area contributed by atoms with Crippen molar-refractivity contribution < 1.29 is 19.4 Å². The summed E-state index contributed by atoms with van der Waals surface area (Å²) in [5.41, 5.74) is 1.07. The molecule has 0 radical (unpaired) electrons. The second kappa shape index (κ2) is 7.68. The molecule has 0 bridgehead atoms. The summed E-state index contributed by atoms with van der Waals surface area (Å²) in [5.74, 6) is 0.0435. The SMILES string of the molecule is COCc1cccc(OCCCCC(=O)O)c1. The van der Waals surface area contributed by atoms with Gasteiger partial charge in [-0.25, -0.2) is 0 Å². The van der Waals surface area contributed by atoms with Gasteiger partial charge in [-0.05, 0) is 30.5 Å². The molecule has 94 valence electrons. The van der Waals surface area contributed by atoms with Gasteiger partial charge in [-0.2, -0.15) is 0 Å². The quantitative estimate of drug-likeness (QED) is 0.707. The molecule has 0 unspecified atom stereocenters. The minimum Gasteiger partial charge on any atom is -0.494 e. The van der Waals surface area contributed by atoms with E-state index in [1.165, 1.54) is 0 Å². The molecule has 4 nitrogen and oxygen atoms in total. The van der Waals surface area contributed by atoms with Crippen molar-refractivity contribution in [2.75, 3.05) is 13.7 Å². The highest BCUT2D eigenvalue weighted by atomic mass is 16.5. The lowest BCUT2D eigenvalue weighted by atomic mass is 10.2. The molecule has 0 aliphatic rings. The van der Waals surface area contributed by atoms with Crippen LogP contribution in [0.5, 0.6) is 5.75 Å². The van der Waals surface area contributed by atoms with E-state index in [-0.39, 0.29) is 6.42 Å². The highest BCUT2D eigenvalue weighted by molar-refractivity contribution is 5.66. The summed E-state index contributed by atoms with van der Waals surface area (Å²) in [5, 5.41) is 8.47. The van der Waals surface area contributed by atoms with E-state index in [0.29, 0.717) is 19.6 Å². The molecular weight excluding hydrogens is 220 g/mol. The maximum atomic E-state index is 10.3. The molecule has 0 amide bonds. The van der Waals surface area contributed by atoms with E-state index in [0.717, 1.165) is 17.7 Å². The molecule has 0 aliphatic heterocycles. The van der Waals surface area contributed by atoms with Gasteiger partial charge in [-0.1, -0.05) is 12.1 Å². The van der Waals surface area contributed by atoms with Crippen LogP contribution in [0.4, 0.5) is 0 Å². The Morgan fingerprint density at radius 3 is 2.88 bits per heavy atom. The third-order valence-corrected chi connectivity index (χ3v) is 2.26. The first-order valence-electron chi connectivity index (χ1n) is 5.65. The molecule has 4 heteroatoms. The van der Waals surface area contributed by atoms with Gasteiger partial charge < -0.3 is 14.6 Å². The number of rotatable bonds is 8. The molecule has 0 heterocycles. The predicted octanol–water partition coefficient (Wildman–Crippen LogP) is 2.47. The lowest BCUT2D eigenvalue weighted by molar-refractivity contribution is -0.137. The number of unbranched alkanes of at least 4 members (excludes halogenated alkanes) is 1. The number of benzene rings is 1. The Balaban J connectivity index is 2.26. The van der Waals surface area contributed by atoms with Crippen LogP contribution in [0.15, 0.2) is 24.3 Å². The van der Waals surface area contributed by atoms with Crippen molar-refractivity contribution in [3.8, 4) is 5.75 Å². The zero-order valence-corrected chi connectivity index (χ0v) is 10.0. The van der Waals surface area contributed by atoms with Crippen molar-refractivity contribution >= 4 is 5.97 Å². The maximum absolute atomic E-state index is 10.3. The van der Waals surface area contributed by atoms with Gasteiger partial charge in [0, 0.05) is 13.5 Å². The van der Waals surface area contributed by atoms with Crippen molar-refractivity contribution in [1.29, 1.82) is 0 Å². The smallest absolute Gasteiger partial charge is 0.303 e. The fourth-order valence-corrected chi connectivity index (χ4v) is 1.46. The number of aliphatic carboxylic acids is 1. The van der Waals surface area contributed by atoms with Crippen LogP contribution < -0.4 is 4.74 Å². The molecule has 0 aliphatic carbocycles. The summed E-state index contributed by atoms with van der Waals surface area (Å²) >= 11 is 0. The van der Waals surface area contributed by atoms with Gasteiger partial charge >= 0.3 is 5.97 Å². The van der Waals surface area contributed by atoms with Crippen LogP contribution in [0.25, 0.3) is 0 Å². The van der Waals surface area contributed by atoms with Crippen molar-refractivity contribution in [2.24, 2.45) is 0 Å². The first kappa shape index (κ1) is 13.5. The summed E-state index contributed by atoms with van der Waals surface area (Å²) in [4.78, 5) is 10.3. The van der Waals surface area contributed by atoms with Crippen LogP contribution >= 0.6 is 0 Å². The number of hydrogen-bond donors (Lipinski definition) is 1. The van der Waals surface area contributed by atoms with Crippen molar-refractivity contribution in [3.05, 3.63) is 29.8 Å². The highest BCUT2D eigenvalue weighted by Gasteiger charge is 1.99. The van der Waals surface area contributed by atoms with Gasteiger partial charge in [0.15, 0.2) is 0 Å². The molecule has 0 fully saturated rings. The van der Waals surface area contributed by atoms with E-state index in [4.69, 9.17) is 14.6 Å². The maximum Gasteiger partial charge on any atom is 0.303 e. The van der Waals surface area contributed by atoms with E-state index in [2.05, 4.69) is 0 Å². The van der Waals surface area contributed by atoms with Gasteiger partial charge in [0.05, 0.1) is 13.2 Å². The zero-order chi connectivity index (χ0) is 12.5. The van der Waals surface area contributed by atoms with Crippen molar-refractivity contribution in [1.82, 2.24) is 0 Å². The fourth-order valence-electron chi connectivity index (χ4n) is 1.46. The number of hydrogen-bond acceptors (Lipinski definition) is 3. The molecule has 0 saturated carbocycles. The molecule has 0 atom stereocenters. The van der Waals surface area contributed by atoms with Gasteiger partial charge in [0.25, 0.3) is 0 Å². The normalized spacial score (nSPS) is 10.2. The Kier molecular flexibility index (Phi) is 6.10. The van der Waals surface area contributed by atoms with E-state index in [1.54, 1.807) is 7.11 Å². The molecule has 0 aromatic heterocycles. The summed E-state index contributed by atoms with van der Waals surface area (Å²) in [6.07, 6.45) is 1.60. The first-order chi connectivity index (χ1) is 8.22. The van der Waals surface area contributed by atoms with Gasteiger partial charge in [0.2, 0.25) is 0 Å². The van der Waals surface area contributed by atoms with E-state index >= 15 is 0 Å². The average Bonchev–Trinajstić information content (AvgIpc) is 2.29. The number of ether oxygens (including phenoxy) is 2. The van der Waals surface area contributed by atoms with Crippen LogP contribution in [-0.4, -0.2) is 24.8 Å². The highest BCUT2D eigenvalue weighted by Crippen LogP contribution is 2.14. The van der Waals surface area contributed by atoms with Crippen LogP contribution in [0.3, 0.4) is 0 Å². The summed E-state index contributed by atoms with van der Waals surface area (Å²) in [7, 11) is 1.65. The van der Waals surface area contributed by atoms with Crippen molar-refractivity contribution in [3.63, 3.8) is 0 Å². The largest absolute Gasteiger partial charge is 0.494 e. The molecular formula is C13H18O4. The minimum atomic E-state index is -0.757. The van der Waals surface area contributed by atoms with Crippen LogP contribution in [0, 0.1) is 0 Å². The lowest BCUT2D eigenvalue weighted by Crippen LogP contribution is -2.00. The lowest BCUT2D eigenvalue weighted by Gasteiger charge is -2.07. The van der Waals surface area contributed by atoms with Gasteiger partial charge in [-0.3, -0.25) is 4.79 Å². The third-order valence-electron chi connectivity index (χ3n) is 2.26. The number of methoxy groups -OCH3 is 1. The fraction of sp³-hybridized carbons (Fsp3) is 0.462. The number of carboxylic acid groups (broad SMARTS) is 1. The average molecular weight is 238 g/mol. The molecule has 1 rings (SSSR count). The van der Waals surface area contributed by atoms with E-state index in [1.807, 2.05) is 24.3 Å². The third kappa shape index (κ3) is 5.92. The molecule has 1 N–H and O–H groups in total. The Labute approximate surface area is 101 Å². The molecule has 1 aromatic carbocycles. The molecule has 17 heavy (non-hydrogen) atoms. The molecule has 0 spiro atoms. The summed E-state index contributed by atoms with van der Waals surface area (Å²) < 4.78 is 10.6. The van der Waals surface area contributed by atoms with E-state index < -0.39 is 5.97 Å². The van der Waals surface area contributed by atoms with Crippen molar-refractivity contribution in [2.45, 2.75) is 25.9 Å². The van der Waals surface area contributed by atoms with Crippen LogP contribution in [0.2, 0.25) is 0 Å². The van der Waals surface area contributed by atoms with Gasteiger partial charge in [-0.15, -0.1) is 0 Å². The second-order valence-corrected chi connectivity index (χ2v) is 3.78. The Hall–Kier alpha value is -1.55. The number of carbonyl (C=O) groups is 1. The molecule has 0 saturated heterocycles. The van der Waals surface area contributed by atoms with Gasteiger partial charge in [0.1, 0.15) is 5.75 Å². The van der Waals surface area contributed by atoms with Crippen LogP contribution in [0.1, 0.15) is 24.8 Å². The minimum absolute atomic E-state index is 0.201. The standard InChI is InChI=1S/C13H18O4/c1-16-10-11-5-4-6-12(9-11)17-8-3-2-7-13(14)15/h4-6,9H,2-3,7-8,10H2,1H3,(H,14,15). The topological polar surface area (TPSA) is 55.8 Å². The zero-order valence-electron chi connectivity index (χ0n) is 10.0.